The predicted octanol–water partition coefficient (Wildman–Crippen LogP) is 7.80. The molecule has 8 heteroatoms. The van der Waals surface area contributed by atoms with Crippen LogP contribution < -0.4 is 5.56 Å². The van der Waals surface area contributed by atoms with Gasteiger partial charge in [-0.15, -0.1) is 0 Å². The lowest BCUT2D eigenvalue weighted by Crippen LogP contribution is -2.45. The second-order valence-corrected chi connectivity index (χ2v) is 11.2. The van der Waals surface area contributed by atoms with E-state index in [1.54, 1.807) is 28.0 Å². The molecule has 6 rings (SSSR count). The third-order valence-corrected chi connectivity index (χ3v) is 7.81. The number of amides is 2. The van der Waals surface area contributed by atoms with Crippen molar-refractivity contribution in [2.75, 3.05) is 0 Å². The maximum Gasteiger partial charge on any atom is 0.347 e. The zero-order valence-corrected chi connectivity index (χ0v) is 25.3. The number of fused-ring (bicyclic) bond motifs is 1. The summed E-state index contributed by atoms with van der Waals surface area (Å²) in [5, 5.41) is 0.566. The van der Waals surface area contributed by atoms with Crippen LogP contribution in [0.25, 0.3) is 10.9 Å². The Hall–Kier alpha value is -5.40. The molecule has 0 fully saturated rings. The van der Waals surface area contributed by atoms with E-state index in [2.05, 4.69) is 0 Å². The van der Waals surface area contributed by atoms with Gasteiger partial charge in [-0.1, -0.05) is 133 Å². The molecule has 0 unspecified atom stereocenters. The third-order valence-electron chi connectivity index (χ3n) is 7.58. The largest absolute Gasteiger partial charge is 0.347 e. The smallest absolute Gasteiger partial charge is 0.314 e. The van der Waals surface area contributed by atoms with E-state index in [9.17, 15) is 14.4 Å². The minimum Gasteiger partial charge on any atom is -0.314 e. The molecule has 2 amide bonds. The van der Waals surface area contributed by atoms with E-state index in [0.29, 0.717) is 5.02 Å². The Kier molecular flexibility index (Phi) is 8.89. The van der Waals surface area contributed by atoms with Crippen molar-refractivity contribution in [2.24, 2.45) is 0 Å². The molecule has 0 saturated carbocycles. The molecule has 6 aromatic rings. The first-order valence-corrected chi connectivity index (χ1v) is 15.0. The highest BCUT2D eigenvalue weighted by Gasteiger charge is 2.30. The molecule has 0 aliphatic carbocycles. The van der Waals surface area contributed by atoms with Crippen LogP contribution in [-0.4, -0.2) is 31.2 Å². The molecule has 0 aliphatic heterocycles. The van der Waals surface area contributed by atoms with Gasteiger partial charge in [0.15, 0.2) is 0 Å². The fourth-order valence-electron chi connectivity index (χ4n) is 5.40. The summed E-state index contributed by atoms with van der Waals surface area (Å²) in [5.74, 6) is 0. The zero-order valence-electron chi connectivity index (χ0n) is 24.5. The molecule has 0 saturated heterocycles. The highest BCUT2D eigenvalue weighted by molar-refractivity contribution is 6.31. The van der Waals surface area contributed by atoms with Gasteiger partial charge in [0, 0.05) is 31.2 Å². The van der Waals surface area contributed by atoms with Gasteiger partial charge < -0.3 is 9.80 Å². The van der Waals surface area contributed by atoms with Crippen molar-refractivity contribution in [3.05, 3.63) is 177 Å². The second kappa shape index (κ2) is 13.5. The van der Waals surface area contributed by atoms with Crippen LogP contribution in [0.15, 0.2) is 144 Å². The number of benzene rings is 5. The van der Waals surface area contributed by atoms with Crippen LogP contribution in [0.1, 0.15) is 22.3 Å². The SMILES string of the molecule is O=C(N(Cc1ccccc1)Cc1ccccc1)n1c(=O)c2ccc(Cl)cc2n1C(=O)N(Cc1ccccc1)Cc1ccccc1. The monoisotopic (exact) mass is 614 g/mol. The molecule has 0 N–H and O–H groups in total. The second-order valence-electron chi connectivity index (χ2n) is 10.8. The number of carbonyl (C=O) groups is 2. The molecular formula is C37H31ClN4O3. The van der Waals surface area contributed by atoms with Crippen LogP contribution in [0.4, 0.5) is 9.59 Å². The van der Waals surface area contributed by atoms with Crippen molar-refractivity contribution in [1.82, 2.24) is 19.2 Å². The molecule has 5 aromatic carbocycles. The lowest BCUT2D eigenvalue weighted by atomic mass is 10.2. The average Bonchev–Trinajstić information content (AvgIpc) is 3.36. The molecule has 0 bridgehead atoms. The van der Waals surface area contributed by atoms with Crippen molar-refractivity contribution in [3.8, 4) is 0 Å². The quantitative estimate of drug-likeness (QED) is 0.176. The maximum atomic E-state index is 14.7. The lowest BCUT2D eigenvalue weighted by Gasteiger charge is -2.27. The summed E-state index contributed by atoms with van der Waals surface area (Å²) in [6, 6.07) is 41.9. The fourth-order valence-corrected chi connectivity index (χ4v) is 5.57. The van der Waals surface area contributed by atoms with Gasteiger partial charge in [-0.3, -0.25) is 4.79 Å². The van der Waals surface area contributed by atoms with Crippen molar-refractivity contribution in [1.29, 1.82) is 0 Å². The van der Waals surface area contributed by atoms with Crippen molar-refractivity contribution >= 4 is 34.6 Å². The molecule has 7 nitrogen and oxygen atoms in total. The van der Waals surface area contributed by atoms with E-state index in [4.69, 9.17) is 11.6 Å². The molecule has 1 aromatic heterocycles. The normalized spacial score (nSPS) is 11.0. The summed E-state index contributed by atoms with van der Waals surface area (Å²) in [7, 11) is 0. The van der Waals surface area contributed by atoms with Gasteiger partial charge in [-0.2, -0.15) is 9.36 Å². The Bertz CT molecular complexity index is 1890. The van der Waals surface area contributed by atoms with Crippen LogP contribution in [0.2, 0.25) is 5.02 Å². The minimum absolute atomic E-state index is 0.222. The molecule has 1 heterocycles. The van der Waals surface area contributed by atoms with Crippen molar-refractivity contribution in [3.63, 3.8) is 0 Å². The number of aromatic nitrogens is 2. The van der Waals surface area contributed by atoms with Gasteiger partial charge in [-0.25, -0.2) is 9.59 Å². The van der Waals surface area contributed by atoms with Gasteiger partial charge in [-0.05, 0) is 40.5 Å². The first-order valence-electron chi connectivity index (χ1n) is 14.7. The van der Waals surface area contributed by atoms with E-state index >= 15 is 0 Å². The Labute approximate surface area is 266 Å². The number of rotatable bonds is 8. The van der Waals surface area contributed by atoms with Crippen LogP contribution >= 0.6 is 11.6 Å². The van der Waals surface area contributed by atoms with E-state index < -0.39 is 17.6 Å². The first kappa shape index (κ1) is 29.7. The lowest BCUT2D eigenvalue weighted by molar-refractivity contribution is 0.172. The summed E-state index contributed by atoms with van der Waals surface area (Å²) < 4.78 is 2.14. The predicted molar refractivity (Wildman–Crippen MR) is 177 cm³/mol. The van der Waals surface area contributed by atoms with Gasteiger partial charge in [0.05, 0.1) is 10.9 Å². The number of nitrogens with zero attached hydrogens (tertiary/aromatic N) is 4. The molecule has 224 valence electrons. The van der Waals surface area contributed by atoms with Crippen molar-refractivity contribution in [2.45, 2.75) is 26.2 Å². The number of halogens is 1. The van der Waals surface area contributed by atoms with Crippen LogP contribution in [-0.2, 0) is 26.2 Å². The molecule has 0 spiro atoms. The van der Waals surface area contributed by atoms with Gasteiger partial charge in [0.25, 0.3) is 5.56 Å². The first-order chi connectivity index (χ1) is 22.0. The summed E-state index contributed by atoms with van der Waals surface area (Å²) >= 11 is 6.41. The average molecular weight is 615 g/mol. The number of hydrogen-bond acceptors (Lipinski definition) is 3. The molecular weight excluding hydrogens is 584 g/mol. The zero-order chi connectivity index (χ0) is 31.2. The van der Waals surface area contributed by atoms with Crippen LogP contribution in [0.5, 0.6) is 0 Å². The standard InChI is InChI=1S/C37H31ClN4O3/c38-32-21-22-33-34(23-32)41(36(44)39(24-28-13-5-1-6-14-28)25-29-15-7-2-8-16-29)42(35(33)43)37(45)40(26-30-17-9-3-10-18-30)27-31-19-11-4-12-20-31/h1-23H,24-27H2. The third kappa shape index (κ3) is 6.74. The Morgan fingerprint density at radius 3 is 1.24 bits per heavy atom. The Morgan fingerprint density at radius 2 is 0.867 bits per heavy atom. The van der Waals surface area contributed by atoms with E-state index in [0.717, 1.165) is 26.9 Å². The highest BCUT2D eigenvalue weighted by Crippen LogP contribution is 2.22. The van der Waals surface area contributed by atoms with Crippen LogP contribution in [0.3, 0.4) is 0 Å². The molecule has 0 aliphatic rings. The van der Waals surface area contributed by atoms with E-state index in [-0.39, 0.29) is 37.1 Å². The van der Waals surface area contributed by atoms with Crippen LogP contribution in [0, 0.1) is 0 Å². The Morgan fingerprint density at radius 1 is 0.511 bits per heavy atom. The summed E-state index contributed by atoms with van der Waals surface area (Å²) in [6.07, 6.45) is 0. The molecule has 0 atom stereocenters. The molecule has 0 radical (unpaired) electrons. The minimum atomic E-state index is -0.618. The van der Waals surface area contributed by atoms with Crippen molar-refractivity contribution < 1.29 is 9.59 Å². The maximum absolute atomic E-state index is 14.7. The topological polar surface area (TPSA) is 67.5 Å². The summed E-state index contributed by atoms with van der Waals surface area (Å²) in [6.45, 7) is 0.980. The Balaban J connectivity index is 1.48. The van der Waals surface area contributed by atoms with Gasteiger partial charge >= 0.3 is 12.1 Å². The summed E-state index contributed by atoms with van der Waals surface area (Å²) in [5.41, 5.74) is 3.27. The molecule has 45 heavy (non-hydrogen) atoms. The highest BCUT2D eigenvalue weighted by atomic mass is 35.5. The van der Waals surface area contributed by atoms with E-state index in [1.165, 1.54) is 4.68 Å². The fraction of sp³-hybridized carbons (Fsp3) is 0.108. The van der Waals surface area contributed by atoms with E-state index in [1.807, 2.05) is 121 Å². The van der Waals surface area contributed by atoms with Gasteiger partial charge in [0.2, 0.25) is 0 Å². The summed E-state index contributed by atoms with van der Waals surface area (Å²) in [4.78, 5) is 46.5. The van der Waals surface area contributed by atoms with Gasteiger partial charge in [0.1, 0.15) is 0 Å². The number of carbonyl (C=O) groups excluding carboxylic acids is 2. The number of hydrogen-bond donors (Lipinski definition) is 0.